The van der Waals surface area contributed by atoms with Crippen LogP contribution < -0.4 is 0 Å². The molecule has 0 saturated heterocycles. The average molecular weight is 204 g/mol. The summed E-state index contributed by atoms with van der Waals surface area (Å²) >= 11 is 0. The monoisotopic (exact) mass is 204 g/mol. The van der Waals surface area contributed by atoms with Gasteiger partial charge < -0.3 is 20.4 Å². The maximum absolute atomic E-state index is 9.25. The van der Waals surface area contributed by atoms with Crippen LogP contribution in [0.25, 0.3) is 0 Å². The molecule has 82 valence electrons. The Morgan fingerprint density at radius 1 is 1.14 bits per heavy atom. The first-order valence-corrected chi connectivity index (χ1v) is 3.83. The minimum absolute atomic E-state index is 0.274. The zero-order valence-corrected chi connectivity index (χ0v) is 7.89. The van der Waals surface area contributed by atoms with E-state index in [1.807, 2.05) is 0 Å². The van der Waals surface area contributed by atoms with Crippen molar-refractivity contribution in [2.24, 2.45) is 5.41 Å². The molecule has 0 fully saturated rings. The molecule has 0 aromatic carbocycles. The van der Waals surface area contributed by atoms with Crippen LogP contribution in [0, 0.1) is 5.41 Å². The van der Waals surface area contributed by atoms with Gasteiger partial charge in [0.05, 0.1) is 25.2 Å². The van der Waals surface area contributed by atoms with Crippen molar-refractivity contribution in [3.63, 3.8) is 0 Å². The van der Waals surface area contributed by atoms with E-state index in [0.717, 1.165) is 6.08 Å². The Balaban J connectivity index is 0. The quantitative estimate of drug-likeness (QED) is 0.354. The smallest absolute Gasteiger partial charge is 0.327 e. The van der Waals surface area contributed by atoms with Gasteiger partial charge in [0.1, 0.15) is 0 Å². The lowest BCUT2D eigenvalue weighted by molar-refractivity contribution is -0.131. The molecule has 0 aromatic heterocycles. The number of rotatable bonds is 5. The molecular weight excluding hydrogens is 188 g/mol. The van der Waals surface area contributed by atoms with E-state index < -0.39 is 11.4 Å². The first-order valence-electron chi connectivity index (χ1n) is 3.83. The van der Waals surface area contributed by atoms with Crippen molar-refractivity contribution in [3.05, 3.63) is 25.3 Å². The first kappa shape index (κ1) is 15.3. The van der Waals surface area contributed by atoms with E-state index in [2.05, 4.69) is 13.2 Å². The van der Waals surface area contributed by atoms with E-state index >= 15 is 0 Å². The SMILES string of the molecule is C=CC(=O)O.C=CC(CO)(CO)CO. The summed E-state index contributed by atoms with van der Waals surface area (Å²) in [6, 6.07) is 0. The van der Waals surface area contributed by atoms with Crippen LogP contribution in [0.4, 0.5) is 0 Å². The Bertz CT molecular complexity index is 175. The van der Waals surface area contributed by atoms with Crippen LogP contribution in [0.1, 0.15) is 0 Å². The molecule has 14 heavy (non-hydrogen) atoms. The minimum atomic E-state index is -0.981. The molecule has 5 nitrogen and oxygen atoms in total. The number of hydrogen-bond acceptors (Lipinski definition) is 4. The van der Waals surface area contributed by atoms with E-state index in [1.54, 1.807) is 0 Å². The van der Waals surface area contributed by atoms with Crippen LogP contribution in [0.2, 0.25) is 0 Å². The molecule has 0 rings (SSSR count). The fourth-order valence-electron chi connectivity index (χ4n) is 0.344. The summed E-state index contributed by atoms with van der Waals surface area (Å²) in [4.78, 5) is 9.25. The zero-order valence-electron chi connectivity index (χ0n) is 7.89. The van der Waals surface area contributed by atoms with Gasteiger partial charge in [-0.15, -0.1) is 6.58 Å². The third kappa shape index (κ3) is 6.36. The Hall–Kier alpha value is -1.17. The second kappa shape index (κ2) is 8.43. The van der Waals surface area contributed by atoms with Crippen molar-refractivity contribution in [1.29, 1.82) is 0 Å². The van der Waals surface area contributed by atoms with Crippen LogP contribution in [0.5, 0.6) is 0 Å². The molecule has 0 bridgehead atoms. The second-order valence-corrected chi connectivity index (χ2v) is 2.58. The lowest BCUT2D eigenvalue weighted by atomic mass is 9.92. The number of carbonyl (C=O) groups is 1. The van der Waals surface area contributed by atoms with Gasteiger partial charge in [0.2, 0.25) is 0 Å². The van der Waals surface area contributed by atoms with Crippen molar-refractivity contribution >= 4 is 5.97 Å². The van der Waals surface area contributed by atoms with Crippen molar-refractivity contribution in [3.8, 4) is 0 Å². The normalized spacial score (nSPS) is 9.64. The molecule has 0 heterocycles. The number of aliphatic carboxylic acids is 1. The Morgan fingerprint density at radius 2 is 1.43 bits per heavy atom. The summed E-state index contributed by atoms with van der Waals surface area (Å²) in [6.07, 6.45) is 2.19. The summed E-state index contributed by atoms with van der Waals surface area (Å²) in [5.74, 6) is -0.981. The highest BCUT2D eigenvalue weighted by atomic mass is 16.4. The third-order valence-corrected chi connectivity index (χ3v) is 1.55. The van der Waals surface area contributed by atoms with E-state index in [1.165, 1.54) is 6.08 Å². The summed E-state index contributed by atoms with van der Waals surface area (Å²) in [6.45, 7) is 5.50. The maximum atomic E-state index is 9.25. The van der Waals surface area contributed by atoms with E-state index in [-0.39, 0.29) is 19.8 Å². The number of carboxylic acids is 1. The standard InChI is InChI=1S/C6H12O3.C3H4O2/c1-2-6(3-7,4-8)5-9;1-2-3(4)5/h2,7-9H,1,3-5H2;2H,1H2,(H,4,5). The molecule has 0 saturated carbocycles. The number of hydrogen-bond donors (Lipinski definition) is 4. The molecule has 0 aliphatic heterocycles. The summed E-state index contributed by atoms with van der Waals surface area (Å²) in [5.41, 5.74) is -0.903. The summed E-state index contributed by atoms with van der Waals surface area (Å²) < 4.78 is 0. The number of carboxylic acid groups (broad SMARTS) is 1. The molecule has 0 atom stereocenters. The Morgan fingerprint density at radius 3 is 1.43 bits per heavy atom. The van der Waals surface area contributed by atoms with Crippen LogP contribution in [0.15, 0.2) is 25.3 Å². The minimum Gasteiger partial charge on any atom is -0.478 e. The van der Waals surface area contributed by atoms with Gasteiger partial charge in [0.25, 0.3) is 0 Å². The van der Waals surface area contributed by atoms with Crippen LogP contribution in [0.3, 0.4) is 0 Å². The molecule has 0 radical (unpaired) electrons. The number of aliphatic hydroxyl groups is 3. The van der Waals surface area contributed by atoms with Crippen LogP contribution in [-0.4, -0.2) is 46.2 Å². The molecule has 5 heteroatoms. The van der Waals surface area contributed by atoms with Gasteiger partial charge >= 0.3 is 5.97 Å². The molecule has 0 aliphatic rings. The first-order chi connectivity index (χ1) is 6.51. The van der Waals surface area contributed by atoms with E-state index in [0.29, 0.717) is 0 Å². The highest BCUT2D eigenvalue weighted by Crippen LogP contribution is 2.14. The highest BCUT2D eigenvalue weighted by Gasteiger charge is 2.22. The Labute approximate surface area is 82.6 Å². The van der Waals surface area contributed by atoms with Crippen molar-refractivity contribution < 1.29 is 25.2 Å². The third-order valence-electron chi connectivity index (χ3n) is 1.55. The summed E-state index contributed by atoms with van der Waals surface area (Å²) in [7, 11) is 0. The molecule has 0 amide bonds. The van der Waals surface area contributed by atoms with Crippen molar-refractivity contribution in [2.45, 2.75) is 0 Å². The fourth-order valence-corrected chi connectivity index (χ4v) is 0.344. The van der Waals surface area contributed by atoms with Gasteiger partial charge in [-0.1, -0.05) is 12.7 Å². The van der Waals surface area contributed by atoms with E-state index in [9.17, 15) is 4.79 Å². The van der Waals surface area contributed by atoms with Gasteiger partial charge in [-0.2, -0.15) is 0 Å². The van der Waals surface area contributed by atoms with Crippen LogP contribution >= 0.6 is 0 Å². The lowest BCUT2D eigenvalue weighted by Crippen LogP contribution is -2.31. The van der Waals surface area contributed by atoms with Gasteiger partial charge in [0.15, 0.2) is 0 Å². The molecular formula is C9H16O5. The molecule has 4 N–H and O–H groups in total. The second-order valence-electron chi connectivity index (χ2n) is 2.58. The molecule has 0 unspecified atom stereocenters. The number of aliphatic hydroxyl groups excluding tert-OH is 3. The molecule has 0 aliphatic carbocycles. The zero-order chi connectivity index (χ0) is 11.6. The Kier molecular flexibility index (Phi) is 9.22. The summed E-state index contributed by atoms with van der Waals surface area (Å²) in [5, 5.41) is 33.4. The maximum Gasteiger partial charge on any atom is 0.327 e. The van der Waals surface area contributed by atoms with Crippen molar-refractivity contribution in [1.82, 2.24) is 0 Å². The molecule has 0 spiro atoms. The predicted molar refractivity (Wildman–Crippen MR) is 51.7 cm³/mol. The van der Waals surface area contributed by atoms with Gasteiger partial charge in [0, 0.05) is 6.08 Å². The van der Waals surface area contributed by atoms with Gasteiger partial charge in [-0.25, -0.2) is 4.79 Å². The fraction of sp³-hybridized carbons (Fsp3) is 0.444. The molecule has 0 aromatic rings. The van der Waals surface area contributed by atoms with E-state index in [4.69, 9.17) is 20.4 Å². The topological polar surface area (TPSA) is 98.0 Å². The largest absolute Gasteiger partial charge is 0.478 e. The highest BCUT2D eigenvalue weighted by molar-refractivity contribution is 5.78. The van der Waals surface area contributed by atoms with Crippen molar-refractivity contribution in [2.75, 3.05) is 19.8 Å². The van der Waals surface area contributed by atoms with Gasteiger partial charge in [-0.3, -0.25) is 0 Å². The van der Waals surface area contributed by atoms with Crippen LogP contribution in [-0.2, 0) is 4.79 Å². The van der Waals surface area contributed by atoms with Gasteiger partial charge in [-0.05, 0) is 0 Å². The average Bonchev–Trinajstić information content (AvgIpc) is 2.23. The predicted octanol–water partition coefficient (Wildman–Crippen LogP) is -0.607. The lowest BCUT2D eigenvalue weighted by Gasteiger charge is -2.21.